The average molecular weight is 204 g/mol. The van der Waals surface area contributed by atoms with E-state index in [1.54, 1.807) is 0 Å². The van der Waals surface area contributed by atoms with Crippen molar-refractivity contribution in [3.8, 4) is 0 Å². The van der Waals surface area contributed by atoms with Crippen molar-refractivity contribution in [3.63, 3.8) is 0 Å². The Morgan fingerprint density at radius 3 is 2.33 bits per heavy atom. The van der Waals surface area contributed by atoms with Crippen LogP contribution in [0.2, 0.25) is 0 Å². The Hall–Kier alpha value is -1.57. The molecule has 0 heterocycles. The molecule has 0 fully saturated rings. The Morgan fingerprint density at radius 1 is 1.27 bits per heavy atom. The molecular weight excluding hydrogens is 188 g/mol. The lowest BCUT2D eigenvalue weighted by Gasteiger charge is -2.06. The molecule has 0 saturated heterocycles. The Kier molecular flexibility index (Phi) is 4.10. The lowest BCUT2D eigenvalue weighted by molar-refractivity contribution is -0.132. The molecule has 0 aliphatic rings. The monoisotopic (exact) mass is 204 g/mol. The minimum Gasteiger partial charge on any atom is -0.478 e. The predicted octanol–water partition coefficient (Wildman–Crippen LogP) is 3.04. The standard InChI is InChI=1S/C13H16O2/c1-3-12(13(14)15)10(2)9-11-7-5-4-6-8-11/h4-8H,3,9H2,1-2H3,(H,14,15). The number of carboxylic acids is 1. The zero-order chi connectivity index (χ0) is 11.3. The summed E-state index contributed by atoms with van der Waals surface area (Å²) in [7, 11) is 0. The number of carboxylic acid groups (broad SMARTS) is 1. The van der Waals surface area contributed by atoms with Crippen molar-refractivity contribution in [2.24, 2.45) is 0 Å². The summed E-state index contributed by atoms with van der Waals surface area (Å²) in [5.41, 5.74) is 2.62. The fraction of sp³-hybridized carbons (Fsp3) is 0.308. The number of carbonyl (C=O) groups is 1. The molecule has 0 bridgehead atoms. The highest BCUT2D eigenvalue weighted by Gasteiger charge is 2.08. The fourth-order valence-electron chi connectivity index (χ4n) is 1.64. The number of aliphatic carboxylic acids is 1. The van der Waals surface area contributed by atoms with Gasteiger partial charge in [-0.3, -0.25) is 0 Å². The largest absolute Gasteiger partial charge is 0.478 e. The molecule has 0 amide bonds. The first-order chi connectivity index (χ1) is 7.15. The first-order valence-electron chi connectivity index (χ1n) is 5.11. The van der Waals surface area contributed by atoms with Gasteiger partial charge in [-0.1, -0.05) is 42.8 Å². The highest BCUT2D eigenvalue weighted by molar-refractivity contribution is 5.87. The number of rotatable bonds is 4. The molecule has 80 valence electrons. The number of benzene rings is 1. The summed E-state index contributed by atoms with van der Waals surface area (Å²) >= 11 is 0. The van der Waals surface area contributed by atoms with E-state index in [4.69, 9.17) is 5.11 Å². The highest BCUT2D eigenvalue weighted by atomic mass is 16.4. The van der Waals surface area contributed by atoms with E-state index in [9.17, 15) is 4.79 Å². The van der Waals surface area contributed by atoms with Gasteiger partial charge in [0, 0.05) is 5.57 Å². The fourth-order valence-corrected chi connectivity index (χ4v) is 1.64. The summed E-state index contributed by atoms with van der Waals surface area (Å²) in [4.78, 5) is 10.9. The van der Waals surface area contributed by atoms with Crippen LogP contribution in [0, 0.1) is 0 Å². The molecule has 15 heavy (non-hydrogen) atoms. The molecule has 0 aromatic heterocycles. The van der Waals surface area contributed by atoms with E-state index in [1.807, 2.05) is 44.2 Å². The van der Waals surface area contributed by atoms with Crippen LogP contribution in [0.1, 0.15) is 25.8 Å². The lowest BCUT2D eigenvalue weighted by Crippen LogP contribution is -2.04. The summed E-state index contributed by atoms with van der Waals surface area (Å²) < 4.78 is 0. The van der Waals surface area contributed by atoms with Gasteiger partial charge in [0.05, 0.1) is 0 Å². The van der Waals surface area contributed by atoms with Crippen molar-refractivity contribution in [1.82, 2.24) is 0 Å². The molecule has 0 unspecified atom stereocenters. The average Bonchev–Trinajstić information content (AvgIpc) is 2.19. The third kappa shape index (κ3) is 3.24. The first kappa shape index (κ1) is 11.5. The van der Waals surface area contributed by atoms with Crippen LogP contribution >= 0.6 is 0 Å². The lowest BCUT2D eigenvalue weighted by atomic mass is 10.00. The van der Waals surface area contributed by atoms with Crippen LogP contribution in [-0.2, 0) is 11.2 Å². The molecule has 0 saturated carbocycles. The van der Waals surface area contributed by atoms with Gasteiger partial charge >= 0.3 is 5.97 Å². The second-order valence-electron chi connectivity index (χ2n) is 3.58. The van der Waals surface area contributed by atoms with Gasteiger partial charge in [0.2, 0.25) is 0 Å². The second kappa shape index (κ2) is 5.35. The second-order valence-corrected chi connectivity index (χ2v) is 3.58. The molecule has 1 aromatic carbocycles. The Bertz CT molecular complexity index is 363. The van der Waals surface area contributed by atoms with Crippen LogP contribution in [-0.4, -0.2) is 11.1 Å². The van der Waals surface area contributed by atoms with Crippen LogP contribution in [0.15, 0.2) is 41.5 Å². The Balaban J connectivity index is 2.86. The zero-order valence-corrected chi connectivity index (χ0v) is 9.16. The van der Waals surface area contributed by atoms with Crippen LogP contribution in [0.5, 0.6) is 0 Å². The quantitative estimate of drug-likeness (QED) is 0.765. The van der Waals surface area contributed by atoms with Gasteiger partial charge < -0.3 is 5.11 Å². The molecule has 0 aliphatic carbocycles. The molecule has 2 heteroatoms. The van der Waals surface area contributed by atoms with E-state index in [1.165, 1.54) is 0 Å². The third-order valence-electron chi connectivity index (χ3n) is 2.44. The Labute approximate surface area is 90.3 Å². The number of hydrogen-bond donors (Lipinski definition) is 1. The van der Waals surface area contributed by atoms with Crippen molar-refractivity contribution in [3.05, 3.63) is 47.0 Å². The van der Waals surface area contributed by atoms with E-state index >= 15 is 0 Å². The van der Waals surface area contributed by atoms with Crippen LogP contribution in [0.4, 0.5) is 0 Å². The van der Waals surface area contributed by atoms with E-state index in [0.717, 1.165) is 17.6 Å². The van der Waals surface area contributed by atoms with Crippen molar-refractivity contribution < 1.29 is 9.90 Å². The molecule has 0 spiro atoms. The molecule has 1 N–H and O–H groups in total. The van der Waals surface area contributed by atoms with E-state index in [2.05, 4.69) is 0 Å². The van der Waals surface area contributed by atoms with E-state index in [0.29, 0.717) is 12.0 Å². The summed E-state index contributed by atoms with van der Waals surface area (Å²) in [5, 5.41) is 8.96. The minimum absolute atomic E-state index is 0.527. The molecule has 0 radical (unpaired) electrons. The summed E-state index contributed by atoms with van der Waals surface area (Å²) in [6, 6.07) is 9.92. The molecule has 1 aromatic rings. The topological polar surface area (TPSA) is 37.3 Å². The Morgan fingerprint density at radius 2 is 1.87 bits per heavy atom. The third-order valence-corrected chi connectivity index (χ3v) is 2.44. The summed E-state index contributed by atoms with van der Waals surface area (Å²) in [5.74, 6) is -0.800. The normalized spacial score (nSPS) is 12.1. The van der Waals surface area contributed by atoms with Crippen molar-refractivity contribution in [1.29, 1.82) is 0 Å². The zero-order valence-electron chi connectivity index (χ0n) is 9.16. The van der Waals surface area contributed by atoms with Crippen LogP contribution < -0.4 is 0 Å². The van der Waals surface area contributed by atoms with E-state index in [-0.39, 0.29) is 0 Å². The first-order valence-corrected chi connectivity index (χ1v) is 5.11. The maximum Gasteiger partial charge on any atom is 0.331 e. The van der Waals surface area contributed by atoms with Gasteiger partial charge in [-0.25, -0.2) is 4.79 Å². The van der Waals surface area contributed by atoms with Gasteiger partial charge in [-0.05, 0) is 25.3 Å². The maximum atomic E-state index is 10.9. The van der Waals surface area contributed by atoms with Crippen molar-refractivity contribution in [2.45, 2.75) is 26.7 Å². The van der Waals surface area contributed by atoms with Gasteiger partial charge in [-0.15, -0.1) is 0 Å². The SMILES string of the molecule is CCC(C(=O)O)=C(C)Cc1ccccc1. The number of hydrogen-bond acceptors (Lipinski definition) is 1. The summed E-state index contributed by atoms with van der Waals surface area (Å²) in [6.45, 7) is 3.76. The van der Waals surface area contributed by atoms with Gasteiger partial charge in [-0.2, -0.15) is 0 Å². The van der Waals surface area contributed by atoms with Crippen molar-refractivity contribution >= 4 is 5.97 Å². The van der Waals surface area contributed by atoms with Gasteiger partial charge in [0.1, 0.15) is 0 Å². The molecule has 0 aliphatic heterocycles. The van der Waals surface area contributed by atoms with Gasteiger partial charge in [0.15, 0.2) is 0 Å². The van der Waals surface area contributed by atoms with Gasteiger partial charge in [0.25, 0.3) is 0 Å². The summed E-state index contributed by atoms with van der Waals surface area (Å²) in [6.07, 6.45) is 1.30. The predicted molar refractivity (Wildman–Crippen MR) is 60.8 cm³/mol. The molecule has 0 atom stereocenters. The van der Waals surface area contributed by atoms with Crippen LogP contribution in [0.3, 0.4) is 0 Å². The molecule has 2 nitrogen and oxygen atoms in total. The molecular formula is C13H16O2. The minimum atomic E-state index is -0.800. The van der Waals surface area contributed by atoms with Crippen LogP contribution in [0.25, 0.3) is 0 Å². The van der Waals surface area contributed by atoms with Crippen molar-refractivity contribution in [2.75, 3.05) is 0 Å². The van der Waals surface area contributed by atoms with E-state index < -0.39 is 5.97 Å². The smallest absolute Gasteiger partial charge is 0.331 e. The molecule has 1 rings (SSSR count). The maximum absolute atomic E-state index is 10.9. The number of allylic oxidation sites excluding steroid dienone is 1. The highest BCUT2D eigenvalue weighted by Crippen LogP contribution is 2.14.